The van der Waals surface area contributed by atoms with Gasteiger partial charge in [-0.15, -0.1) is 0 Å². The van der Waals surface area contributed by atoms with E-state index in [4.69, 9.17) is 15.7 Å². The van der Waals surface area contributed by atoms with Crippen molar-refractivity contribution >= 4 is 5.84 Å². The topological polar surface area (TPSA) is 67.8 Å². The van der Waals surface area contributed by atoms with Gasteiger partial charge in [-0.2, -0.15) is 0 Å². The number of methoxy groups -OCH3 is 1. The van der Waals surface area contributed by atoms with E-state index < -0.39 is 0 Å². The van der Waals surface area contributed by atoms with Gasteiger partial charge in [-0.05, 0) is 6.42 Å². The molecule has 0 heterocycles. The summed E-state index contributed by atoms with van der Waals surface area (Å²) in [6, 6.07) is 0. The Labute approximate surface area is 60.7 Å². The number of ether oxygens (including phenoxy) is 1. The van der Waals surface area contributed by atoms with E-state index in [1.807, 2.05) is 6.92 Å². The second-order valence-electron chi connectivity index (χ2n) is 2.04. The first-order chi connectivity index (χ1) is 4.76. The van der Waals surface area contributed by atoms with Gasteiger partial charge in [-0.3, -0.25) is 0 Å². The molecule has 0 fully saturated rings. The van der Waals surface area contributed by atoms with Crippen molar-refractivity contribution in [2.24, 2.45) is 10.9 Å². The van der Waals surface area contributed by atoms with Crippen LogP contribution < -0.4 is 5.73 Å². The molecule has 0 bridgehead atoms. The molecular weight excluding hydrogens is 132 g/mol. The van der Waals surface area contributed by atoms with E-state index in [9.17, 15) is 0 Å². The molecule has 0 spiro atoms. The van der Waals surface area contributed by atoms with E-state index in [0.29, 0.717) is 0 Å². The molecule has 0 aliphatic rings. The van der Waals surface area contributed by atoms with Gasteiger partial charge in [0, 0.05) is 7.11 Å². The number of oxime groups is 1. The zero-order chi connectivity index (χ0) is 7.98. The van der Waals surface area contributed by atoms with Crippen LogP contribution in [0, 0.1) is 0 Å². The van der Waals surface area contributed by atoms with Crippen LogP contribution in [0.3, 0.4) is 0 Å². The highest BCUT2D eigenvalue weighted by atomic mass is 16.5. The summed E-state index contributed by atoms with van der Waals surface area (Å²) in [6.45, 7) is 2.01. The Morgan fingerprint density at radius 1 is 1.80 bits per heavy atom. The Morgan fingerprint density at radius 3 is 2.70 bits per heavy atom. The van der Waals surface area contributed by atoms with Gasteiger partial charge in [0.2, 0.25) is 0 Å². The molecule has 60 valence electrons. The lowest BCUT2D eigenvalue weighted by Crippen LogP contribution is -2.30. The van der Waals surface area contributed by atoms with Gasteiger partial charge in [0.25, 0.3) is 0 Å². The van der Waals surface area contributed by atoms with Crippen LogP contribution in [-0.4, -0.2) is 24.3 Å². The quantitative estimate of drug-likeness (QED) is 0.263. The van der Waals surface area contributed by atoms with Crippen molar-refractivity contribution in [2.45, 2.75) is 25.9 Å². The maximum absolute atomic E-state index is 8.25. The highest BCUT2D eigenvalue weighted by molar-refractivity contribution is 5.84. The van der Waals surface area contributed by atoms with Crippen molar-refractivity contribution < 1.29 is 9.94 Å². The zero-order valence-electron chi connectivity index (χ0n) is 6.37. The van der Waals surface area contributed by atoms with Crippen LogP contribution in [0.4, 0.5) is 0 Å². The predicted octanol–water partition coefficient (Wildman–Crippen LogP) is 0.548. The summed E-state index contributed by atoms with van der Waals surface area (Å²) in [5, 5.41) is 11.1. The molecule has 1 atom stereocenters. The lowest BCUT2D eigenvalue weighted by Gasteiger charge is -2.10. The normalized spacial score (nSPS) is 15.2. The first kappa shape index (κ1) is 9.23. The third-order valence-electron chi connectivity index (χ3n) is 1.28. The Hall–Kier alpha value is -0.770. The smallest absolute Gasteiger partial charge is 0.168 e. The fraction of sp³-hybridized carbons (Fsp3) is 0.833. The van der Waals surface area contributed by atoms with Crippen molar-refractivity contribution in [3.05, 3.63) is 0 Å². The summed E-state index contributed by atoms with van der Waals surface area (Å²) in [4.78, 5) is 0. The van der Waals surface area contributed by atoms with Gasteiger partial charge in [0.05, 0.1) is 0 Å². The van der Waals surface area contributed by atoms with Crippen molar-refractivity contribution in [1.29, 1.82) is 0 Å². The second-order valence-corrected chi connectivity index (χ2v) is 2.04. The van der Waals surface area contributed by atoms with Crippen LogP contribution in [0.2, 0.25) is 0 Å². The minimum absolute atomic E-state index is 0.143. The van der Waals surface area contributed by atoms with Gasteiger partial charge < -0.3 is 15.7 Å². The Kier molecular flexibility index (Phi) is 4.66. The summed E-state index contributed by atoms with van der Waals surface area (Å²) in [7, 11) is 1.54. The molecule has 0 aromatic rings. The molecule has 3 N–H and O–H groups in total. The summed E-state index contributed by atoms with van der Waals surface area (Å²) in [6.07, 6.45) is 1.50. The monoisotopic (exact) mass is 146 g/mol. The molecule has 0 aliphatic heterocycles. The molecule has 1 unspecified atom stereocenters. The number of nitrogens with zero attached hydrogens (tertiary/aromatic N) is 1. The molecule has 0 saturated heterocycles. The summed E-state index contributed by atoms with van der Waals surface area (Å²) < 4.78 is 4.93. The molecule has 0 aliphatic carbocycles. The fourth-order valence-corrected chi connectivity index (χ4v) is 0.713. The fourth-order valence-electron chi connectivity index (χ4n) is 0.713. The van der Waals surface area contributed by atoms with Crippen LogP contribution in [0.15, 0.2) is 5.16 Å². The van der Waals surface area contributed by atoms with E-state index in [1.54, 1.807) is 7.11 Å². The number of rotatable bonds is 4. The molecule has 0 aromatic carbocycles. The zero-order valence-corrected chi connectivity index (χ0v) is 6.37. The molecule has 0 amide bonds. The molecule has 10 heavy (non-hydrogen) atoms. The maximum Gasteiger partial charge on any atom is 0.168 e. The third-order valence-corrected chi connectivity index (χ3v) is 1.28. The van der Waals surface area contributed by atoms with Crippen LogP contribution >= 0.6 is 0 Å². The van der Waals surface area contributed by atoms with E-state index in [0.717, 1.165) is 12.8 Å². The molecule has 4 nitrogen and oxygen atoms in total. The highest BCUT2D eigenvalue weighted by Gasteiger charge is 2.10. The summed E-state index contributed by atoms with van der Waals surface area (Å²) >= 11 is 0. The summed E-state index contributed by atoms with van der Waals surface area (Å²) in [5.41, 5.74) is 5.29. The second kappa shape index (κ2) is 5.05. The van der Waals surface area contributed by atoms with E-state index >= 15 is 0 Å². The third kappa shape index (κ3) is 2.68. The predicted molar refractivity (Wildman–Crippen MR) is 39.1 cm³/mol. The minimum Gasteiger partial charge on any atom is -0.409 e. The number of hydrogen-bond acceptors (Lipinski definition) is 3. The van der Waals surface area contributed by atoms with Gasteiger partial charge in [-0.25, -0.2) is 0 Å². The minimum atomic E-state index is -0.241. The molecule has 0 radical (unpaired) electrons. The number of hydrogen-bond donors (Lipinski definition) is 2. The number of amidine groups is 1. The van der Waals surface area contributed by atoms with Crippen LogP contribution in [0.1, 0.15) is 19.8 Å². The standard InChI is InChI=1S/C6H14N2O2/c1-3-4-5(10-2)6(7)8-9/h5,9H,3-4H2,1-2H3,(H2,7,8). The molecule has 4 heteroatoms. The van der Waals surface area contributed by atoms with E-state index in [1.165, 1.54) is 0 Å². The first-order valence-corrected chi connectivity index (χ1v) is 3.26. The molecular formula is C6H14N2O2. The molecule has 0 saturated carbocycles. The SMILES string of the molecule is CCCC(OC)/C(N)=N/O. The van der Waals surface area contributed by atoms with Gasteiger partial charge in [-0.1, -0.05) is 18.5 Å². The van der Waals surface area contributed by atoms with Crippen molar-refractivity contribution in [1.82, 2.24) is 0 Å². The average Bonchev–Trinajstić information content (AvgIpc) is 1.99. The average molecular weight is 146 g/mol. The largest absolute Gasteiger partial charge is 0.409 e. The maximum atomic E-state index is 8.25. The Balaban J connectivity index is 3.80. The van der Waals surface area contributed by atoms with Crippen molar-refractivity contribution in [3.63, 3.8) is 0 Å². The van der Waals surface area contributed by atoms with Crippen molar-refractivity contribution in [2.75, 3.05) is 7.11 Å². The lowest BCUT2D eigenvalue weighted by molar-refractivity contribution is 0.142. The lowest BCUT2D eigenvalue weighted by atomic mass is 10.2. The highest BCUT2D eigenvalue weighted by Crippen LogP contribution is 1.99. The Morgan fingerprint density at radius 2 is 2.40 bits per heavy atom. The molecule has 0 aromatic heterocycles. The Bertz CT molecular complexity index is 114. The van der Waals surface area contributed by atoms with Crippen LogP contribution in [-0.2, 0) is 4.74 Å². The molecule has 0 rings (SSSR count). The van der Waals surface area contributed by atoms with Gasteiger partial charge >= 0.3 is 0 Å². The van der Waals surface area contributed by atoms with Gasteiger partial charge in [0.1, 0.15) is 6.10 Å². The first-order valence-electron chi connectivity index (χ1n) is 3.26. The van der Waals surface area contributed by atoms with E-state index in [-0.39, 0.29) is 11.9 Å². The van der Waals surface area contributed by atoms with Crippen LogP contribution in [0.5, 0.6) is 0 Å². The van der Waals surface area contributed by atoms with Crippen molar-refractivity contribution in [3.8, 4) is 0 Å². The van der Waals surface area contributed by atoms with Crippen LogP contribution in [0.25, 0.3) is 0 Å². The van der Waals surface area contributed by atoms with E-state index in [2.05, 4.69) is 5.16 Å². The van der Waals surface area contributed by atoms with Gasteiger partial charge in [0.15, 0.2) is 5.84 Å². The number of nitrogens with two attached hydrogens (primary N) is 1. The summed E-state index contributed by atoms with van der Waals surface area (Å²) in [5.74, 6) is 0.143.